The van der Waals surface area contributed by atoms with Gasteiger partial charge in [-0.2, -0.15) is 0 Å². The van der Waals surface area contributed by atoms with Gasteiger partial charge in [0.05, 0.1) is 19.1 Å². The normalized spacial score (nSPS) is 10.5. The van der Waals surface area contributed by atoms with Gasteiger partial charge in [-0.05, 0) is 48.5 Å². The highest BCUT2D eigenvalue weighted by atomic mass is 32.2. The predicted molar refractivity (Wildman–Crippen MR) is 93.9 cm³/mol. The molecule has 0 N–H and O–H groups in total. The van der Waals surface area contributed by atoms with E-state index in [-0.39, 0.29) is 10.5 Å². The minimum Gasteiger partial charge on any atom is -0.497 e. The third-order valence-electron chi connectivity index (χ3n) is 3.25. The molecule has 0 radical (unpaired) electrons. The van der Waals surface area contributed by atoms with Gasteiger partial charge in [-0.15, -0.1) is 0 Å². The molecule has 2 aromatic carbocycles. The second-order valence-corrected chi connectivity index (χ2v) is 7.46. The summed E-state index contributed by atoms with van der Waals surface area (Å²) >= 11 is 1.77. The molecule has 0 atom stereocenters. The zero-order valence-corrected chi connectivity index (χ0v) is 14.1. The van der Waals surface area contributed by atoms with Crippen molar-refractivity contribution < 1.29 is 9.47 Å². The molecule has 3 rings (SSSR count). The molecule has 0 saturated heterocycles. The van der Waals surface area contributed by atoms with Crippen molar-refractivity contribution in [3.8, 4) is 16.4 Å². The minimum atomic E-state index is 0.0196. The Kier molecular flexibility index (Phi) is 4.71. The molecule has 0 aliphatic carbocycles. The Hall–Kier alpha value is -1.91. The Bertz CT molecular complexity index is 734. The van der Waals surface area contributed by atoms with E-state index >= 15 is 0 Å². The molecular formula is C18H17O2S2+. The number of hydrogen-bond acceptors (Lipinski definition) is 3. The summed E-state index contributed by atoms with van der Waals surface area (Å²) < 4.78 is 10.6. The van der Waals surface area contributed by atoms with Gasteiger partial charge >= 0.3 is 0 Å². The Morgan fingerprint density at radius 2 is 1.45 bits per heavy atom. The monoisotopic (exact) mass is 329 g/mol. The van der Waals surface area contributed by atoms with Crippen molar-refractivity contribution in [2.75, 3.05) is 14.2 Å². The standard InChI is InChI=1S/C18H17O2S2/c1-19-14-5-8-16(9-6-14)21-17-10-7-15(20-2)13-18(17)22-11-3-4-12-22/h3-13H,1-2H3/q+1. The van der Waals surface area contributed by atoms with E-state index < -0.39 is 0 Å². The molecule has 0 amide bonds. The Morgan fingerprint density at radius 3 is 2.09 bits per heavy atom. The zero-order chi connectivity index (χ0) is 15.4. The van der Waals surface area contributed by atoms with Gasteiger partial charge in [0.15, 0.2) is 4.90 Å². The quantitative estimate of drug-likeness (QED) is 0.568. The van der Waals surface area contributed by atoms with Crippen molar-refractivity contribution in [2.24, 2.45) is 0 Å². The SMILES string of the molecule is COc1ccc(Sc2ccc(OC)cc2-[s+]2cccc2)cc1. The van der Waals surface area contributed by atoms with Gasteiger partial charge in [0.2, 0.25) is 0 Å². The van der Waals surface area contributed by atoms with E-state index in [1.54, 1.807) is 26.0 Å². The summed E-state index contributed by atoms with van der Waals surface area (Å²) in [6.07, 6.45) is 0. The maximum atomic E-state index is 5.38. The highest BCUT2D eigenvalue weighted by molar-refractivity contribution is 7.99. The molecule has 0 saturated carbocycles. The number of rotatable bonds is 5. The van der Waals surface area contributed by atoms with Crippen LogP contribution in [0.2, 0.25) is 0 Å². The topological polar surface area (TPSA) is 18.5 Å². The summed E-state index contributed by atoms with van der Waals surface area (Å²) in [7, 11) is 3.41. The van der Waals surface area contributed by atoms with Crippen molar-refractivity contribution in [3.05, 3.63) is 65.4 Å². The van der Waals surface area contributed by atoms with E-state index in [0.29, 0.717) is 0 Å². The van der Waals surface area contributed by atoms with Crippen LogP contribution >= 0.6 is 22.2 Å². The Labute approximate surface area is 137 Å². The van der Waals surface area contributed by atoms with E-state index in [9.17, 15) is 0 Å². The van der Waals surface area contributed by atoms with Gasteiger partial charge in [-0.25, -0.2) is 0 Å². The van der Waals surface area contributed by atoms with Crippen LogP contribution in [0.3, 0.4) is 0 Å². The maximum Gasteiger partial charge on any atom is 0.196 e. The number of methoxy groups -OCH3 is 2. The first-order valence-electron chi connectivity index (χ1n) is 6.87. The van der Waals surface area contributed by atoms with Crippen molar-refractivity contribution in [2.45, 2.75) is 9.79 Å². The summed E-state index contributed by atoms with van der Waals surface area (Å²) in [6.45, 7) is 0. The van der Waals surface area contributed by atoms with Crippen LogP contribution in [0.25, 0.3) is 4.90 Å². The highest BCUT2D eigenvalue weighted by Crippen LogP contribution is 2.43. The molecule has 1 aromatic heterocycles. The van der Waals surface area contributed by atoms with Crippen molar-refractivity contribution in [1.82, 2.24) is 0 Å². The first-order valence-corrected chi connectivity index (χ1v) is 9.04. The van der Waals surface area contributed by atoms with Crippen LogP contribution in [0.5, 0.6) is 11.5 Å². The molecule has 0 aliphatic heterocycles. The molecule has 4 heteroatoms. The lowest BCUT2D eigenvalue weighted by atomic mass is 10.3. The molecule has 0 unspecified atom stereocenters. The van der Waals surface area contributed by atoms with Crippen LogP contribution in [0.1, 0.15) is 0 Å². The fourth-order valence-corrected chi connectivity index (χ4v) is 4.80. The first-order chi connectivity index (χ1) is 10.8. The highest BCUT2D eigenvalue weighted by Gasteiger charge is 2.16. The molecule has 0 spiro atoms. The van der Waals surface area contributed by atoms with Crippen LogP contribution in [0, 0.1) is 0 Å². The van der Waals surface area contributed by atoms with E-state index in [1.807, 2.05) is 18.2 Å². The number of thiophene rings is 1. The second-order valence-electron chi connectivity index (χ2n) is 4.62. The van der Waals surface area contributed by atoms with Gasteiger partial charge < -0.3 is 9.47 Å². The summed E-state index contributed by atoms with van der Waals surface area (Å²) in [5, 5.41) is 4.46. The lowest BCUT2D eigenvalue weighted by Crippen LogP contribution is -1.85. The third kappa shape index (κ3) is 3.29. The van der Waals surface area contributed by atoms with Gasteiger partial charge in [-0.3, -0.25) is 0 Å². The number of ether oxygens (including phenoxy) is 2. The molecule has 22 heavy (non-hydrogen) atoms. The van der Waals surface area contributed by atoms with Crippen molar-refractivity contribution >= 4 is 22.2 Å². The van der Waals surface area contributed by atoms with Crippen LogP contribution in [-0.2, 0) is 0 Å². The first kappa shape index (κ1) is 15.0. The molecule has 3 aromatic rings. The number of benzene rings is 2. The van der Waals surface area contributed by atoms with Gasteiger partial charge in [0, 0.05) is 21.4 Å². The lowest BCUT2D eigenvalue weighted by Gasteiger charge is -2.06. The fraction of sp³-hybridized carbons (Fsp3) is 0.111. The average Bonchev–Trinajstić information content (AvgIpc) is 3.10. The zero-order valence-electron chi connectivity index (χ0n) is 12.5. The third-order valence-corrected chi connectivity index (χ3v) is 6.21. The van der Waals surface area contributed by atoms with Gasteiger partial charge in [0.1, 0.15) is 22.3 Å². The van der Waals surface area contributed by atoms with E-state index in [2.05, 4.69) is 47.2 Å². The molecule has 2 nitrogen and oxygen atoms in total. The Balaban J connectivity index is 1.95. The minimum absolute atomic E-state index is 0.0196. The molecule has 0 aliphatic rings. The molecule has 0 bridgehead atoms. The molecule has 1 heterocycles. The predicted octanol–water partition coefficient (Wildman–Crippen LogP) is 5.59. The molecular weight excluding hydrogens is 312 g/mol. The largest absolute Gasteiger partial charge is 0.497 e. The van der Waals surface area contributed by atoms with Gasteiger partial charge in [-0.1, -0.05) is 11.8 Å². The van der Waals surface area contributed by atoms with E-state index in [0.717, 1.165) is 11.5 Å². The van der Waals surface area contributed by atoms with Crippen LogP contribution < -0.4 is 9.47 Å². The average molecular weight is 329 g/mol. The van der Waals surface area contributed by atoms with Gasteiger partial charge in [0.25, 0.3) is 0 Å². The molecule has 0 fully saturated rings. The van der Waals surface area contributed by atoms with E-state index in [4.69, 9.17) is 9.47 Å². The lowest BCUT2D eigenvalue weighted by molar-refractivity contribution is 0.414. The Morgan fingerprint density at radius 1 is 0.818 bits per heavy atom. The summed E-state index contributed by atoms with van der Waals surface area (Å²) in [5.41, 5.74) is 0. The van der Waals surface area contributed by atoms with Crippen molar-refractivity contribution in [3.63, 3.8) is 0 Å². The fourth-order valence-electron chi connectivity index (χ4n) is 2.11. The van der Waals surface area contributed by atoms with Crippen molar-refractivity contribution in [1.29, 1.82) is 0 Å². The van der Waals surface area contributed by atoms with E-state index in [1.165, 1.54) is 14.7 Å². The van der Waals surface area contributed by atoms with Crippen LogP contribution in [0.4, 0.5) is 0 Å². The second kappa shape index (κ2) is 6.90. The summed E-state index contributed by atoms with van der Waals surface area (Å²) in [4.78, 5) is 3.75. The number of hydrogen-bond donors (Lipinski definition) is 0. The molecule has 112 valence electrons. The van der Waals surface area contributed by atoms with Crippen LogP contribution in [0.15, 0.2) is 75.1 Å². The smallest absolute Gasteiger partial charge is 0.196 e. The maximum absolute atomic E-state index is 5.38. The summed E-state index contributed by atoms with van der Waals surface area (Å²) in [5.74, 6) is 1.78. The van der Waals surface area contributed by atoms with Crippen LogP contribution in [-0.4, -0.2) is 14.2 Å². The summed E-state index contributed by atoms with van der Waals surface area (Å²) in [6, 6.07) is 18.6.